The topological polar surface area (TPSA) is 42.4 Å². The van der Waals surface area contributed by atoms with Crippen LogP contribution in [-0.2, 0) is 10.3 Å². The van der Waals surface area contributed by atoms with E-state index in [9.17, 15) is 5.11 Å². The summed E-state index contributed by atoms with van der Waals surface area (Å²) in [4.78, 5) is 4.17. The molecule has 1 N–H and O–H groups in total. The van der Waals surface area contributed by atoms with Crippen molar-refractivity contribution in [2.24, 2.45) is 5.92 Å². The molecule has 1 fully saturated rings. The number of hydrogen-bond donors (Lipinski definition) is 1. The fourth-order valence-electron chi connectivity index (χ4n) is 2.37. The van der Waals surface area contributed by atoms with Gasteiger partial charge in [-0.15, -0.1) is 0 Å². The van der Waals surface area contributed by atoms with Gasteiger partial charge in [-0.05, 0) is 18.4 Å². The minimum atomic E-state index is -0.772. The van der Waals surface area contributed by atoms with Crippen molar-refractivity contribution in [3.05, 3.63) is 29.6 Å². The van der Waals surface area contributed by atoms with Crippen LogP contribution in [-0.4, -0.2) is 22.8 Å². The number of aryl methyl sites for hydroxylation is 1. The number of nitrogens with zero attached hydrogens (tertiary/aromatic N) is 1. The van der Waals surface area contributed by atoms with E-state index in [-0.39, 0.29) is 6.10 Å². The third kappa shape index (κ3) is 2.67. The monoisotopic (exact) mass is 235 g/mol. The second kappa shape index (κ2) is 4.75. The molecule has 0 radical (unpaired) electrons. The second-order valence-corrected chi connectivity index (χ2v) is 5.39. The molecule has 17 heavy (non-hydrogen) atoms. The highest BCUT2D eigenvalue weighted by molar-refractivity contribution is 5.23. The summed E-state index contributed by atoms with van der Waals surface area (Å²) in [5, 5.41) is 10.8. The number of rotatable bonds is 2. The molecule has 1 aliphatic heterocycles. The molecule has 3 heteroatoms. The van der Waals surface area contributed by atoms with E-state index in [0.717, 1.165) is 11.1 Å². The lowest BCUT2D eigenvalue weighted by Crippen LogP contribution is -2.40. The van der Waals surface area contributed by atoms with Crippen molar-refractivity contribution in [3.63, 3.8) is 0 Å². The SMILES string of the molecule is Cc1cncc(C2(O)CCOC(C(C)C)C2)c1. The maximum absolute atomic E-state index is 10.8. The first-order valence-corrected chi connectivity index (χ1v) is 6.27. The molecule has 2 atom stereocenters. The van der Waals surface area contributed by atoms with Gasteiger partial charge in [0.25, 0.3) is 0 Å². The summed E-state index contributed by atoms with van der Waals surface area (Å²) in [6, 6.07) is 2.02. The first-order valence-electron chi connectivity index (χ1n) is 6.27. The maximum atomic E-state index is 10.8. The van der Waals surface area contributed by atoms with E-state index in [1.807, 2.05) is 19.2 Å². The molecule has 2 rings (SSSR count). The highest BCUT2D eigenvalue weighted by Gasteiger charge is 2.37. The molecule has 0 aliphatic carbocycles. The molecular weight excluding hydrogens is 214 g/mol. The molecule has 1 aliphatic rings. The molecule has 3 nitrogen and oxygen atoms in total. The lowest BCUT2D eigenvalue weighted by molar-refractivity contribution is -0.121. The van der Waals surface area contributed by atoms with E-state index in [0.29, 0.717) is 25.4 Å². The molecule has 94 valence electrons. The van der Waals surface area contributed by atoms with Crippen molar-refractivity contribution in [2.45, 2.75) is 45.3 Å². The zero-order valence-corrected chi connectivity index (χ0v) is 10.8. The van der Waals surface area contributed by atoms with Gasteiger partial charge in [0.15, 0.2) is 0 Å². The maximum Gasteiger partial charge on any atom is 0.0958 e. The van der Waals surface area contributed by atoms with Crippen LogP contribution in [0.15, 0.2) is 18.5 Å². The normalized spacial score (nSPS) is 29.6. The van der Waals surface area contributed by atoms with E-state index >= 15 is 0 Å². The Bertz CT molecular complexity index is 392. The Morgan fingerprint density at radius 3 is 2.88 bits per heavy atom. The zero-order chi connectivity index (χ0) is 12.5. The zero-order valence-electron chi connectivity index (χ0n) is 10.8. The molecule has 0 amide bonds. The molecule has 2 heterocycles. The lowest BCUT2D eigenvalue weighted by atomic mass is 9.81. The van der Waals surface area contributed by atoms with Crippen LogP contribution in [0.4, 0.5) is 0 Å². The summed E-state index contributed by atoms with van der Waals surface area (Å²) in [7, 11) is 0. The van der Waals surface area contributed by atoms with Gasteiger partial charge in [-0.1, -0.05) is 19.9 Å². The average Bonchev–Trinajstić information content (AvgIpc) is 2.29. The van der Waals surface area contributed by atoms with Crippen molar-refractivity contribution >= 4 is 0 Å². The van der Waals surface area contributed by atoms with Crippen LogP contribution in [0.5, 0.6) is 0 Å². The Morgan fingerprint density at radius 2 is 2.24 bits per heavy atom. The molecule has 1 aromatic heterocycles. The van der Waals surface area contributed by atoms with Crippen molar-refractivity contribution in [1.82, 2.24) is 4.98 Å². The smallest absolute Gasteiger partial charge is 0.0958 e. The summed E-state index contributed by atoms with van der Waals surface area (Å²) < 4.78 is 5.71. The van der Waals surface area contributed by atoms with Crippen LogP contribution >= 0.6 is 0 Å². The lowest BCUT2D eigenvalue weighted by Gasteiger charge is -2.38. The molecule has 1 saturated heterocycles. The van der Waals surface area contributed by atoms with Gasteiger partial charge in [-0.25, -0.2) is 0 Å². The summed E-state index contributed by atoms with van der Waals surface area (Å²) in [5.74, 6) is 0.430. The third-order valence-corrected chi connectivity index (χ3v) is 3.54. The van der Waals surface area contributed by atoms with E-state index in [2.05, 4.69) is 18.8 Å². The fraction of sp³-hybridized carbons (Fsp3) is 0.643. The Balaban J connectivity index is 2.23. The van der Waals surface area contributed by atoms with Gasteiger partial charge in [0.2, 0.25) is 0 Å². The Labute approximate surface area is 103 Å². The van der Waals surface area contributed by atoms with Gasteiger partial charge in [0.05, 0.1) is 18.3 Å². The van der Waals surface area contributed by atoms with Crippen LogP contribution in [0, 0.1) is 12.8 Å². The first-order chi connectivity index (χ1) is 8.01. The molecule has 0 aromatic carbocycles. The Kier molecular flexibility index (Phi) is 3.50. The quantitative estimate of drug-likeness (QED) is 0.856. The third-order valence-electron chi connectivity index (χ3n) is 3.54. The van der Waals surface area contributed by atoms with E-state index < -0.39 is 5.60 Å². The summed E-state index contributed by atoms with van der Waals surface area (Å²) in [6.07, 6.45) is 5.04. The highest BCUT2D eigenvalue weighted by Crippen LogP contribution is 2.36. The van der Waals surface area contributed by atoms with E-state index in [4.69, 9.17) is 4.74 Å². The van der Waals surface area contributed by atoms with E-state index in [1.54, 1.807) is 6.20 Å². The Morgan fingerprint density at radius 1 is 1.47 bits per heavy atom. The van der Waals surface area contributed by atoms with Crippen molar-refractivity contribution in [2.75, 3.05) is 6.61 Å². The highest BCUT2D eigenvalue weighted by atomic mass is 16.5. The number of aliphatic hydroxyl groups is 1. The minimum absolute atomic E-state index is 0.134. The van der Waals surface area contributed by atoms with Crippen molar-refractivity contribution in [3.8, 4) is 0 Å². The summed E-state index contributed by atoms with van der Waals surface area (Å²) in [5.41, 5.74) is 1.24. The van der Waals surface area contributed by atoms with Crippen LogP contribution in [0.3, 0.4) is 0 Å². The molecular formula is C14H21NO2. The average molecular weight is 235 g/mol. The summed E-state index contributed by atoms with van der Waals surface area (Å²) >= 11 is 0. The van der Waals surface area contributed by atoms with Crippen LogP contribution in [0.1, 0.15) is 37.8 Å². The van der Waals surface area contributed by atoms with Crippen molar-refractivity contribution < 1.29 is 9.84 Å². The Hall–Kier alpha value is -0.930. The van der Waals surface area contributed by atoms with Gasteiger partial charge in [0.1, 0.15) is 0 Å². The van der Waals surface area contributed by atoms with Crippen LogP contribution in [0.2, 0.25) is 0 Å². The minimum Gasteiger partial charge on any atom is -0.385 e. The summed E-state index contributed by atoms with van der Waals surface area (Å²) in [6.45, 7) is 6.88. The predicted molar refractivity (Wildman–Crippen MR) is 66.7 cm³/mol. The van der Waals surface area contributed by atoms with Gasteiger partial charge in [0, 0.05) is 30.8 Å². The van der Waals surface area contributed by atoms with Crippen molar-refractivity contribution in [1.29, 1.82) is 0 Å². The van der Waals surface area contributed by atoms with Gasteiger partial charge in [-0.2, -0.15) is 0 Å². The van der Waals surface area contributed by atoms with Gasteiger partial charge >= 0.3 is 0 Å². The second-order valence-electron chi connectivity index (χ2n) is 5.39. The van der Waals surface area contributed by atoms with Crippen LogP contribution in [0.25, 0.3) is 0 Å². The van der Waals surface area contributed by atoms with Crippen LogP contribution < -0.4 is 0 Å². The number of hydrogen-bond acceptors (Lipinski definition) is 3. The van der Waals surface area contributed by atoms with E-state index in [1.165, 1.54) is 0 Å². The molecule has 0 spiro atoms. The van der Waals surface area contributed by atoms with Gasteiger partial charge in [-0.3, -0.25) is 4.98 Å². The number of ether oxygens (including phenoxy) is 1. The first kappa shape index (κ1) is 12.5. The molecule has 0 bridgehead atoms. The standard InChI is InChI=1S/C14H21NO2/c1-10(2)13-7-14(16,4-5-17-13)12-6-11(3)8-15-9-12/h6,8-10,13,16H,4-5,7H2,1-3H3. The molecule has 2 unspecified atom stereocenters. The number of pyridine rings is 1. The fourth-order valence-corrected chi connectivity index (χ4v) is 2.37. The predicted octanol–water partition coefficient (Wildman–Crippen LogP) is 2.41. The number of aromatic nitrogens is 1. The van der Waals surface area contributed by atoms with Gasteiger partial charge < -0.3 is 9.84 Å². The largest absolute Gasteiger partial charge is 0.385 e. The molecule has 1 aromatic rings. The molecule has 0 saturated carbocycles.